The maximum absolute atomic E-state index is 10.5. The van der Waals surface area contributed by atoms with Gasteiger partial charge in [0.1, 0.15) is 16.2 Å². The van der Waals surface area contributed by atoms with Gasteiger partial charge < -0.3 is 4.55 Å². The van der Waals surface area contributed by atoms with Crippen molar-refractivity contribution < 1.29 is 17.5 Å². The predicted octanol–water partition coefficient (Wildman–Crippen LogP) is -0.152. The molecule has 0 fully saturated rings. The third-order valence-corrected chi connectivity index (χ3v) is 3.21. The molecule has 0 unspecified atom stereocenters. The summed E-state index contributed by atoms with van der Waals surface area (Å²) in [7, 11) is -4.22. The zero-order valence-corrected chi connectivity index (χ0v) is 11.1. The molecule has 20 heavy (non-hydrogen) atoms. The van der Waals surface area contributed by atoms with E-state index in [-0.39, 0.29) is 6.54 Å². The summed E-state index contributed by atoms with van der Waals surface area (Å²) in [5.41, 5.74) is 1.11. The van der Waals surface area contributed by atoms with Gasteiger partial charge in [-0.05, 0) is 0 Å². The second-order valence-corrected chi connectivity index (χ2v) is 5.52. The van der Waals surface area contributed by atoms with Crippen LogP contribution in [0.5, 0.6) is 0 Å². The summed E-state index contributed by atoms with van der Waals surface area (Å²) in [4.78, 5) is 8.09. The van der Waals surface area contributed by atoms with Gasteiger partial charge in [-0.15, -0.1) is 0 Å². The van der Waals surface area contributed by atoms with E-state index in [4.69, 9.17) is 5.26 Å². The van der Waals surface area contributed by atoms with Crippen LogP contribution in [0.4, 0.5) is 0 Å². The minimum atomic E-state index is -4.22. The van der Waals surface area contributed by atoms with E-state index in [0.29, 0.717) is 11.4 Å². The van der Waals surface area contributed by atoms with Crippen molar-refractivity contribution in [3.63, 3.8) is 0 Å². The number of nitrogens with zero attached hydrogens (tertiary/aromatic N) is 4. The molecule has 2 aromatic heterocycles. The van der Waals surface area contributed by atoms with Crippen LogP contribution >= 0.6 is 0 Å². The molecule has 2 rings (SSSR count). The smallest absolute Gasteiger partial charge is 0.169 e. The van der Waals surface area contributed by atoms with E-state index in [1.54, 1.807) is 29.1 Å². The summed E-state index contributed by atoms with van der Waals surface area (Å²) in [6.45, 7) is 0.0976. The van der Waals surface area contributed by atoms with Crippen LogP contribution in [0.15, 0.2) is 36.9 Å². The molecule has 0 amide bonds. The standard InChI is InChI=1S/C12H10N4O3S/c13-7-10-8-14-12(15-9-10)11-1-3-16(4-2-11)5-6-20(17,18)19/h1-4,8-9H,5-6H2. The molecule has 0 atom stereocenters. The van der Waals surface area contributed by atoms with Gasteiger partial charge in [-0.3, -0.25) is 0 Å². The molecule has 0 bridgehead atoms. The summed E-state index contributed by atoms with van der Waals surface area (Å²) in [5.74, 6) is 0.0114. The molecule has 0 aliphatic rings. The Balaban J connectivity index is 2.13. The van der Waals surface area contributed by atoms with E-state index >= 15 is 0 Å². The average molecular weight is 290 g/mol. The van der Waals surface area contributed by atoms with Crippen molar-refractivity contribution in [3.8, 4) is 17.5 Å². The molecule has 0 N–H and O–H groups in total. The third kappa shape index (κ3) is 3.81. The SMILES string of the molecule is N#Cc1cnc(-c2cc[n+](CCS(=O)(=O)[O-])cc2)nc1. The van der Waals surface area contributed by atoms with Gasteiger partial charge in [0.25, 0.3) is 0 Å². The normalized spacial score (nSPS) is 11.0. The molecular weight excluding hydrogens is 280 g/mol. The van der Waals surface area contributed by atoms with Crippen molar-refractivity contribution >= 4 is 10.1 Å². The van der Waals surface area contributed by atoms with E-state index in [1.807, 2.05) is 6.07 Å². The highest BCUT2D eigenvalue weighted by atomic mass is 32.2. The van der Waals surface area contributed by atoms with Crippen molar-refractivity contribution in [1.82, 2.24) is 9.97 Å². The maximum atomic E-state index is 10.5. The number of aryl methyl sites for hydroxylation is 1. The van der Waals surface area contributed by atoms with Gasteiger partial charge in [0, 0.05) is 30.1 Å². The molecule has 0 aliphatic carbocycles. The molecule has 8 heteroatoms. The highest BCUT2D eigenvalue weighted by Crippen LogP contribution is 2.11. The van der Waals surface area contributed by atoms with Crippen molar-refractivity contribution in [2.45, 2.75) is 6.54 Å². The molecule has 0 saturated heterocycles. The van der Waals surface area contributed by atoms with Crippen LogP contribution in [0.3, 0.4) is 0 Å². The van der Waals surface area contributed by atoms with Gasteiger partial charge in [0.2, 0.25) is 0 Å². The fourth-order valence-corrected chi connectivity index (χ4v) is 1.94. The van der Waals surface area contributed by atoms with Gasteiger partial charge in [-0.25, -0.2) is 23.0 Å². The fraction of sp³-hybridized carbons (Fsp3) is 0.167. The summed E-state index contributed by atoms with van der Waals surface area (Å²) in [5, 5.41) is 8.65. The minimum absolute atomic E-state index is 0.0976. The molecule has 0 saturated carbocycles. The second-order valence-electron chi connectivity index (χ2n) is 3.99. The van der Waals surface area contributed by atoms with Crippen molar-refractivity contribution in [3.05, 3.63) is 42.5 Å². The zero-order chi connectivity index (χ0) is 14.6. The Bertz CT molecular complexity index is 734. The first-order valence-electron chi connectivity index (χ1n) is 5.63. The first-order valence-corrected chi connectivity index (χ1v) is 7.21. The number of aromatic nitrogens is 3. The number of hydrogen-bond acceptors (Lipinski definition) is 6. The quantitative estimate of drug-likeness (QED) is 0.572. The number of rotatable bonds is 4. The molecule has 2 aromatic rings. The first-order chi connectivity index (χ1) is 9.48. The lowest BCUT2D eigenvalue weighted by atomic mass is 10.2. The Morgan fingerprint density at radius 3 is 2.35 bits per heavy atom. The summed E-state index contributed by atoms with van der Waals surface area (Å²) in [6.07, 6.45) is 6.13. The molecule has 0 aliphatic heterocycles. The van der Waals surface area contributed by atoms with Gasteiger partial charge in [-0.2, -0.15) is 5.26 Å². The number of pyridine rings is 1. The lowest BCUT2D eigenvalue weighted by Crippen LogP contribution is -2.36. The van der Waals surface area contributed by atoms with E-state index < -0.39 is 15.9 Å². The van der Waals surface area contributed by atoms with Gasteiger partial charge >= 0.3 is 0 Å². The van der Waals surface area contributed by atoms with Crippen LogP contribution in [-0.2, 0) is 16.7 Å². The van der Waals surface area contributed by atoms with E-state index in [0.717, 1.165) is 5.56 Å². The topological polar surface area (TPSA) is 111 Å². The highest BCUT2D eigenvalue weighted by molar-refractivity contribution is 7.85. The first kappa shape index (κ1) is 14.0. The molecule has 102 valence electrons. The number of hydrogen-bond donors (Lipinski definition) is 0. The van der Waals surface area contributed by atoms with Gasteiger partial charge in [0.15, 0.2) is 24.8 Å². The highest BCUT2D eigenvalue weighted by Gasteiger charge is 2.07. The van der Waals surface area contributed by atoms with E-state index in [9.17, 15) is 13.0 Å². The van der Waals surface area contributed by atoms with E-state index in [1.165, 1.54) is 12.4 Å². The zero-order valence-electron chi connectivity index (χ0n) is 10.3. The van der Waals surface area contributed by atoms with E-state index in [2.05, 4.69) is 9.97 Å². The molecule has 2 heterocycles. The lowest BCUT2D eigenvalue weighted by molar-refractivity contribution is -0.692. The Morgan fingerprint density at radius 1 is 1.25 bits per heavy atom. The average Bonchev–Trinajstić information content (AvgIpc) is 2.45. The monoisotopic (exact) mass is 290 g/mol. The van der Waals surface area contributed by atoms with Crippen molar-refractivity contribution in [2.24, 2.45) is 0 Å². The van der Waals surface area contributed by atoms with Crippen LogP contribution in [-0.4, -0.2) is 28.7 Å². The minimum Gasteiger partial charge on any atom is -0.748 e. The van der Waals surface area contributed by atoms with Crippen molar-refractivity contribution in [1.29, 1.82) is 5.26 Å². The summed E-state index contributed by atoms with van der Waals surface area (Å²) >= 11 is 0. The Hall–Kier alpha value is -2.37. The van der Waals surface area contributed by atoms with Crippen LogP contribution in [0.2, 0.25) is 0 Å². The third-order valence-electron chi connectivity index (χ3n) is 2.53. The van der Waals surface area contributed by atoms with Crippen LogP contribution < -0.4 is 4.57 Å². The summed E-state index contributed by atoms with van der Waals surface area (Å²) < 4.78 is 33.2. The second kappa shape index (κ2) is 5.73. The predicted molar refractivity (Wildman–Crippen MR) is 66.9 cm³/mol. The Morgan fingerprint density at radius 2 is 1.85 bits per heavy atom. The van der Waals surface area contributed by atoms with Crippen molar-refractivity contribution in [2.75, 3.05) is 5.75 Å². The number of nitriles is 1. The summed E-state index contributed by atoms with van der Waals surface area (Å²) in [6, 6.07) is 5.34. The molecule has 7 nitrogen and oxygen atoms in total. The van der Waals surface area contributed by atoms with Crippen LogP contribution in [0.1, 0.15) is 5.56 Å². The molecule has 0 radical (unpaired) electrons. The fourth-order valence-electron chi connectivity index (χ4n) is 1.51. The maximum Gasteiger partial charge on any atom is 0.169 e. The Kier molecular flexibility index (Phi) is 4.02. The molecule has 0 aromatic carbocycles. The van der Waals surface area contributed by atoms with Gasteiger partial charge in [0.05, 0.1) is 11.3 Å². The molecule has 0 spiro atoms. The Labute approximate surface area is 115 Å². The lowest BCUT2D eigenvalue weighted by Gasteiger charge is -2.03. The molecular formula is C12H10N4O3S. The largest absolute Gasteiger partial charge is 0.748 e. The van der Waals surface area contributed by atoms with Gasteiger partial charge in [-0.1, -0.05) is 0 Å². The van der Waals surface area contributed by atoms with Crippen LogP contribution in [0.25, 0.3) is 11.4 Å². The van der Waals surface area contributed by atoms with Crippen LogP contribution in [0, 0.1) is 11.3 Å².